The van der Waals surface area contributed by atoms with Crippen LogP contribution in [0.25, 0.3) is 10.2 Å². The predicted octanol–water partition coefficient (Wildman–Crippen LogP) is 4.64. The van der Waals surface area contributed by atoms with Crippen molar-refractivity contribution in [3.8, 4) is 0 Å². The van der Waals surface area contributed by atoms with Crippen LogP contribution in [-0.4, -0.2) is 33.6 Å². The molecule has 4 heterocycles. The Kier molecular flexibility index (Phi) is 4.50. The molecule has 5 nitrogen and oxygen atoms in total. The Hall–Kier alpha value is -1.94. The molecule has 0 aromatic carbocycles. The fourth-order valence-corrected chi connectivity index (χ4v) is 5.29. The molecule has 1 atom stereocenters. The van der Waals surface area contributed by atoms with Gasteiger partial charge in [-0.25, -0.2) is 9.98 Å². The number of thiophene rings is 1. The number of amides is 1. The Bertz CT molecular complexity index is 1010. The number of rotatable bonds is 3. The van der Waals surface area contributed by atoms with Crippen molar-refractivity contribution in [3.63, 3.8) is 0 Å². The molecule has 0 aliphatic carbocycles. The van der Waals surface area contributed by atoms with Crippen molar-refractivity contribution < 1.29 is 18.0 Å². The molecule has 27 heavy (non-hydrogen) atoms. The van der Waals surface area contributed by atoms with E-state index in [0.29, 0.717) is 38.9 Å². The van der Waals surface area contributed by atoms with Crippen LogP contribution in [0.4, 0.5) is 18.9 Å². The van der Waals surface area contributed by atoms with Crippen molar-refractivity contribution in [2.75, 3.05) is 11.9 Å². The van der Waals surface area contributed by atoms with Gasteiger partial charge in [-0.2, -0.15) is 13.2 Å². The minimum absolute atomic E-state index is 0.231. The molecule has 0 bridgehead atoms. The molecule has 2 aromatic rings. The maximum atomic E-state index is 13.1. The molecule has 1 amide bonds. The number of nitrogens with one attached hydrogen (secondary N) is 1. The van der Waals surface area contributed by atoms with Gasteiger partial charge in [-0.15, -0.1) is 11.3 Å². The molecule has 2 aliphatic rings. The van der Waals surface area contributed by atoms with E-state index in [1.54, 1.807) is 6.92 Å². The van der Waals surface area contributed by atoms with Gasteiger partial charge in [-0.05, 0) is 25.0 Å². The Morgan fingerprint density at radius 1 is 1.37 bits per heavy atom. The number of fused-ring (bicyclic) bond motifs is 5. The maximum absolute atomic E-state index is 13.1. The molecule has 0 saturated heterocycles. The number of carbonyl (C=O) groups is 1. The van der Waals surface area contributed by atoms with Gasteiger partial charge in [0.15, 0.2) is 5.17 Å². The number of amidine groups is 1. The molecule has 2 aromatic heterocycles. The van der Waals surface area contributed by atoms with Crippen LogP contribution in [0.15, 0.2) is 16.1 Å². The third kappa shape index (κ3) is 3.14. The average Bonchev–Trinajstić information content (AvgIpc) is 3.16. The molecular formula is C17H15F3N4OS2. The summed E-state index contributed by atoms with van der Waals surface area (Å²) >= 11 is 2.41. The van der Waals surface area contributed by atoms with Crippen LogP contribution in [0, 0.1) is 6.92 Å². The smallest absolute Gasteiger partial charge is 0.323 e. The van der Waals surface area contributed by atoms with Gasteiger partial charge in [0, 0.05) is 11.9 Å². The summed E-state index contributed by atoms with van der Waals surface area (Å²) in [7, 11) is 0. The number of hydrogen-bond acceptors (Lipinski definition) is 5. The number of aliphatic imine (C=N–C) groups is 2. The molecule has 0 radical (unpaired) electrons. The number of anilines is 1. The van der Waals surface area contributed by atoms with Crippen molar-refractivity contribution in [3.05, 3.63) is 22.2 Å². The molecule has 1 unspecified atom stereocenters. The van der Waals surface area contributed by atoms with Crippen molar-refractivity contribution in [2.45, 2.75) is 38.1 Å². The average molecular weight is 412 g/mol. The highest BCUT2D eigenvalue weighted by Crippen LogP contribution is 2.45. The van der Waals surface area contributed by atoms with Crippen LogP contribution < -0.4 is 5.32 Å². The lowest BCUT2D eigenvalue weighted by atomic mass is 10.0. The number of alkyl halides is 3. The van der Waals surface area contributed by atoms with E-state index in [1.807, 2.05) is 0 Å². The van der Waals surface area contributed by atoms with Gasteiger partial charge < -0.3 is 5.32 Å². The first-order chi connectivity index (χ1) is 12.8. The second kappa shape index (κ2) is 6.59. The van der Waals surface area contributed by atoms with Crippen LogP contribution in [0.2, 0.25) is 0 Å². The molecule has 0 fully saturated rings. The zero-order valence-corrected chi connectivity index (χ0v) is 16.1. The van der Waals surface area contributed by atoms with E-state index >= 15 is 0 Å². The molecule has 0 spiro atoms. The van der Waals surface area contributed by atoms with E-state index in [9.17, 15) is 18.0 Å². The maximum Gasteiger partial charge on any atom is 0.433 e. The van der Waals surface area contributed by atoms with Gasteiger partial charge in [0.1, 0.15) is 15.8 Å². The first-order valence-electron chi connectivity index (χ1n) is 8.42. The lowest BCUT2D eigenvalue weighted by Crippen LogP contribution is -2.35. The zero-order chi connectivity index (χ0) is 19.3. The standard InChI is InChI=1S/C17H15F3N4OS2/c1-3-4-5-21-16-24-11-12-10(23-14(25)13(11)27-16)9-7(2)6-8(17(18,19)20)22-15(9)26-12/h6,13H,3-5H2,1-2H3,(H,23,25). The van der Waals surface area contributed by atoms with Crippen molar-refractivity contribution in [2.24, 2.45) is 9.98 Å². The summed E-state index contributed by atoms with van der Waals surface area (Å²) in [6.07, 6.45) is -2.58. The minimum Gasteiger partial charge on any atom is -0.323 e. The first-order valence-corrected chi connectivity index (χ1v) is 10.1. The highest BCUT2D eigenvalue weighted by atomic mass is 32.2. The van der Waals surface area contributed by atoms with Gasteiger partial charge in [-0.1, -0.05) is 25.1 Å². The monoisotopic (exact) mass is 412 g/mol. The summed E-state index contributed by atoms with van der Waals surface area (Å²) in [6.45, 7) is 4.29. The molecule has 0 saturated carbocycles. The van der Waals surface area contributed by atoms with Crippen molar-refractivity contribution >= 4 is 55.8 Å². The summed E-state index contributed by atoms with van der Waals surface area (Å²) in [5, 5.41) is 3.40. The number of halogens is 3. The number of nitrogens with zero attached hydrogens (tertiary/aromatic N) is 3. The third-order valence-electron chi connectivity index (χ3n) is 4.32. The third-order valence-corrected chi connectivity index (χ3v) is 6.53. The van der Waals surface area contributed by atoms with E-state index in [1.165, 1.54) is 11.8 Å². The number of aromatic nitrogens is 1. The normalized spacial score (nSPS) is 20.6. The number of unbranched alkanes of at least 4 members (excludes halogenated alkanes) is 1. The van der Waals surface area contributed by atoms with E-state index in [4.69, 9.17) is 0 Å². The highest BCUT2D eigenvalue weighted by molar-refractivity contribution is 8.16. The summed E-state index contributed by atoms with van der Waals surface area (Å²) in [6, 6.07) is 1.01. The van der Waals surface area contributed by atoms with Gasteiger partial charge >= 0.3 is 6.18 Å². The summed E-state index contributed by atoms with van der Waals surface area (Å²) in [5.74, 6) is -0.231. The number of hydrogen-bond donors (Lipinski definition) is 1. The SMILES string of the molecule is CCCCN=C1N=C2c3sc4nc(C(F)(F)F)cc(C)c4c3NC(=O)C2S1. The molecule has 10 heteroatoms. The Balaban J connectivity index is 1.84. The van der Waals surface area contributed by atoms with Gasteiger partial charge in [0.2, 0.25) is 5.91 Å². The first kappa shape index (κ1) is 18.4. The van der Waals surface area contributed by atoms with Gasteiger partial charge in [0.05, 0.1) is 16.3 Å². The summed E-state index contributed by atoms with van der Waals surface area (Å²) < 4.78 is 39.3. The second-order valence-corrected chi connectivity index (χ2v) is 8.38. The largest absolute Gasteiger partial charge is 0.433 e. The number of aryl methyl sites for hydroxylation is 1. The Labute approximate surface area is 161 Å². The van der Waals surface area contributed by atoms with E-state index < -0.39 is 17.1 Å². The zero-order valence-electron chi connectivity index (χ0n) is 14.5. The van der Waals surface area contributed by atoms with Crippen LogP contribution in [0.3, 0.4) is 0 Å². The van der Waals surface area contributed by atoms with Gasteiger partial charge in [-0.3, -0.25) is 9.79 Å². The number of carbonyl (C=O) groups excluding carboxylic acids is 1. The number of thioether (sulfide) groups is 1. The van der Waals surface area contributed by atoms with E-state index in [-0.39, 0.29) is 10.7 Å². The molecule has 2 aliphatic heterocycles. The Morgan fingerprint density at radius 3 is 2.85 bits per heavy atom. The van der Waals surface area contributed by atoms with E-state index in [2.05, 4.69) is 27.2 Å². The van der Waals surface area contributed by atoms with Crippen LogP contribution in [0.1, 0.15) is 35.9 Å². The fraction of sp³-hybridized carbons (Fsp3) is 0.412. The fourth-order valence-electron chi connectivity index (χ4n) is 3.02. The van der Waals surface area contributed by atoms with Crippen LogP contribution in [0.5, 0.6) is 0 Å². The topological polar surface area (TPSA) is 66.7 Å². The molecule has 142 valence electrons. The Morgan fingerprint density at radius 2 is 2.15 bits per heavy atom. The molecule has 4 rings (SSSR count). The minimum atomic E-state index is -4.52. The van der Waals surface area contributed by atoms with Crippen LogP contribution in [-0.2, 0) is 11.0 Å². The summed E-state index contributed by atoms with van der Waals surface area (Å²) in [4.78, 5) is 26.1. The highest BCUT2D eigenvalue weighted by Gasteiger charge is 2.41. The quantitative estimate of drug-likeness (QED) is 0.747. The number of pyridine rings is 1. The predicted molar refractivity (Wildman–Crippen MR) is 103 cm³/mol. The van der Waals surface area contributed by atoms with Crippen molar-refractivity contribution in [1.29, 1.82) is 0 Å². The molecule has 1 N–H and O–H groups in total. The van der Waals surface area contributed by atoms with Crippen LogP contribution >= 0.6 is 23.1 Å². The lowest BCUT2D eigenvalue weighted by molar-refractivity contribution is -0.141. The van der Waals surface area contributed by atoms with Crippen molar-refractivity contribution in [1.82, 2.24) is 4.98 Å². The summed E-state index contributed by atoms with van der Waals surface area (Å²) in [5.41, 5.74) is 0.555. The lowest BCUT2D eigenvalue weighted by Gasteiger charge is -2.19. The van der Waals surface area contributed by atoms with E-state index in [0.717, 1.165) is 30.2 Å². The second-order valence-electron chi connectivity index (χ2n) is 6.31. The molecular weight excluding hydrogens is 397 g/mol. The van der Waals surface area contributed by atoms with Gasteiger partial charge in [0.25, 0.3) is 0 Å².